The van der Waals surface area contributed by atoms with Gasteiger partial charge in [-0.2, -0.15) is 0 Å². The first-order valence-electron chi connectivity index (χ1n) is 6.95. The molecule has 0 saturated heterocycles. The number of H-pyrrole nitrogens is 1. The molecular weight excluding hydrogens is 268 g/mol. The molecule has 112 valence electrons. The minimum absolute atomic E-state index is 0.180. The largest absolute Gasteiger partial charge is 0.383 e. The van der Waals surface area contributed by atoms with Crippen LogP contribution in [0, 0.1) is 6.92 Å². The van der Waals surface area contributed by atoms with Crippen LogP contribution in [0.2, 0.25) is 0 Å². The summed E-state index contributed by atoms with van der Waals surface area (Å²) in [7, 11) is 0. The van der Waals surface area contributed by atoms with Crippen molar-refractivity contribution in [2.75, 3.05) is 11.1 Å². The van der Waals surface area contributed by atoms with Crippen LogP contribution in [0.1, 0.15) is 24.5 Å². The van der Waals surface area contributed by atoms with Gasteiger partial charge in [0, 0.05) is 13.1 Å². The second kappa shape index (κ2) is 6.30. The predicted octanol–water partition coefficient (Wildman–Crippen LogP) is 1.45. The fraction of sp³-hybridized carbons (Fsp3) is 0.333. The molecular formula is C15H20N4O2. The quantitative estimate of drug-likeness (QED) is 0.776. The third kappa shape index (κ3) is 3.16. The average molecular weight is 288 g/mol. The van der Waals surface area contributed by atoms with Crippen molar-refractivity contribution in [1.82, 2.24) is 9.55 Å². The van der Waals surface area contributed by atoms with E-state index in [-0.39, 0.29) is 11.5 Å². The van der Waals surface area contributed by atoms with Gasteiger partial charge in [0.25, 0.3) is 5.56 Å². The molecule has 0 spiro atoms. The number of aryl methyl sites for hydroxylation is 1. The lowest BCUT2D eigenvalue weighted by Crippen LogP contribution is -2.34. The third-order valence-electron chi connectivity index (χ3n) is 3.40. The molecule has 0 aliphatic heterocycles. The Kier molecular flexibility index (Phi) is 4.47. The molecule has 21 heavy (non-hydrogen) atoms. The summed E-state index contributed by atoms with van der Waals surface area (Å²) in [6.45, 7) is 4.89. The molecule has 0 bridgehead atoms. The molecule has 4 N–H and O–H groups in total. The molecule has 0 unspecified atom stereocenters. The molecule has 2 rings (SSSR count). The number of nitrogens with two attached hydrogens (primary N) is 1. The van der Waals surface area contributed by atoms with Crippen molar-refractivity contribution in [3.63, 3.8) is 0 Å². The van der Waals surface area contributed by atoms with Gasteiger partial charge < -0.3 is 11.1 Å². The van der Waals surface area contributed by atoms with E-state index in [1.807, 2.05) is 38.1 Å². The van der Waals surface area contributed by atoms with Crippen LogP contribution >= 0.6 is 0 Å². The Balaban J connectivity index is 2.32. The van der Waals surface area contributed by atoms with E-state index in [0.29, 0.717) is 13.1 Å². The smallest absolute Gasteiger partial charge is 0.330 e. The number of hydrogen-bond acceptors (Lipinski definition) is 4. The molecule has 0 aliphatic rings. The first kappa shape index (κ1) is 14.9. The summed E-state index contributed by atoms with van der Waals surface area (Å²) < 4.78 is 1.38. The van der Waals surface area contributed by atoms with E-state index in [1.165, 1.54) is 4.57 Å². The Morgan fingerprint density at radius 3 is 2.67 bits per heavy atom. The second-order valence-corrected chi connectivity index (χ2v) is 4.95. The molecule has 0 amide bonds. The number of hydrogen-bond donors (Lipinski definition) is 3. The number of nitrogens with one attached hydrogen (secondary N) is 2. The number of anilines is 2. The highest BCUT2D eigenvalue weighted by Gasteiger charge is 2.11. The van der Waals surface area contributed by atoms with Gasteiger partial charge in [-0.25, -0.2) is 4.79 Å². The predicted molar refractivity (Wildman–Crippen MR) is 84.5 cm³/mol. The first-order valence-corrected chi connectivity index (χ1v) is 6.95. The van der Waals surface area contributed by atoms with Gasteiger partial charge in [-0.15, -0.1) is 0 Å². The zero-order valence-corrected chi connectivity index (χ0v) is 12.3. The van der Waals surface area contributed by atoms with Crippen molar-refractivity contribution in [3.8, 4) is 0 Å². The van der Waals surface area contributed by atoms with Gasteiger partial charge in [0.05, 0.1) is 0 Å². The molecule has 1 heterocycles. The SMILES string of the molecule is CCCn1c(N)c(NCc2ccccc2C)c(=O)[nH]c1=O. The van der Waals surface area contributed by atoms with Crippen LogP contribution in [0.4, 0.5) is 11.5 Å². The molecule has 0 radical (unpaired) electrons. The maximum Gasteiger partial charge on any atom is 0.330 e. The van der Waals surface area contributed by atoms with E-state index in [9.17, 15) is 9.59 Å². The summed E-state index contributed by atoms with van der Waals surface area (Å²) in [4.78, 5) is 25.9. The second-order valence-electron chi connectivity index (χ2n) is 4.95. The molecule has 1 aromatic heterocycles. The van der Waals surface area contributed by atoms with Crippen LogP contribution in [-0.4, -0.2) is 9.55 Å². The van der Waals surface area contributed by atoms with Crippen molar-refractivity contribution in [2.45, 2.75) is 33.4 Å². The number of aromatic amines is 1. The van der Waals surface area contributed by atoms with Crippen LogP contribution in [-0.2, 0) is 13.1 Å². The van der Waals surface area contributed by atoms with Crippen LogP contribution in [0.3, 0.4) is 0 Å². The van der Waals surface area contributed by atoms with Crippen LogP contribution in [0.5, 0.6) is 0 Å². The lowest BCUT2D eigenvalue weighted by molar-refractivity contribution is 0.642. The molecule has 1 aromatic carbocycles. The normalized spacial score (nSPS) is 10.6. The summed E-state index contributed by atoms with van der Waals surface area (Å²) in [5.74, 6) is 0.180. The fourth-order valence-electron chi connectivity index (χ4n) is 2.20. The highest BCUT2D eigenvalue weighted by molar-refractivity contribution is 5.60. The van der Waals surface area contributed by atoms with Crippen molar-refractivity contribution in [3.05, 3.63) is 56.2 Å². The third-order valence-corrected chi connectivity index (χ3v) is 3.40. The van der Waals surface area contributed by atoms with Crippen LogP contribution in [0.25, 0.3) is 0 Å². The van der Waals surface area contributed by atoms with Crippen LogP contribution in [0.15, 0.2) is 33.9 Å². The first-order chi connectivity index (χ1) is 10.0. The van der Waals surface area contributed by atoms with Gasteiger partial charge in [0.2, 0.25) is 0 Å². The van der Waals surface area contributed by atoms with Crippen molar-refractivity contribution >= 4 is 11.5 Å². The molecule has 6 nitrogen and oxygen atoms in total. The molecule has 0 saturated carbocycles. The summed E-state index contributed by atoms with van der Waals surface area (Å²) in [6, 6.07) is 7.88. The lowest BCUT2D eigenvalue weighted by atomic mass is 10.1. The number of aromatic nitrogens is 2. The van der Waals surface area contributed by atoms with Gasteiger partial charge in [-0.3, -0.25) is 14.3 Å². The molecule has 0 aliphatic carbocycles. The zero-order chi connectivity index (χ0) is 15.4. The maximum atomic E-state index is 11.9. The van der Waals surface area contributed by atoms with E-state index in [2.05, 4.69) is 10.3 Å². The summed E-state index contributed by atoms with van der Waals surface area (Å²) in [6.07, 6.45) is 0.757. The molecule has 6 heteroatoms. The summed E-state index contributed by atoms with van der Waals surface area (Å²) in [5.41, 5.74) is 7.44. The average Bonchev–Trinajstić information content (AvgIpc) is 2.45. The maximum absolute atomic E-state index is 11.9. The lowest BCUT2D eigenvalue weighted by Gasteiger charge is -2.14. The van der Waals surface area contributed by atoms with E-state index in [1.54, 1.807) is 0 Å². The zero-order valence-electron chi connectivity index (χ0n) is 12.3. The highest BCUT2D eigenvalue weighted by atomic mass is 16.2. The van der Waals surface area contributed by atoms with Gasteiger partial charge in [-0.05, 0) is 24.5 Å². The molecule has 2 aromatic rings. The number of rotatable bonds is 5. The fourth-order valence-corrected chi connectivity index (χ4v) is 2.20. The van der Waals surface area contributed by atoms with Crippen LogP contribution < -0.4 is 22.3 Å². The van der Waals surface area contributed by atoms with Crippen molar-refractivity contribution in [1.29, 1.82) is 0 Å². The number of benzene rings is 1. The highest BCUT2D eigenvalue weighted by Crippen LogP contribution is 2.14. The molecule has 0 atom stereocenters. The minimum Gasteiger partial charge on any atom is -0.383 e. The summed E-state index contributed by atoms with van der Waals surface area (Å²) >= 11 is 0. The topological polar surface area (TPSA) is 92.9 Å². The summed E-state index contributed by atoms with van der Waals surface area (Å²) in [5, 5.41) is 3.04. The van der Waals surface area contributed by atoms with Gasteiger partial charge in [0.15, 0.2) is 0 Å². The Morgan fingerprint density at radius 1 is 1.29 bits per heavy atom. The van der Waals surface area contributed by atoms with Gasteiger partial charge in [-0.1, -0.05) is 31.2 Å². The van der Waals surface area contributed by atoms with Crippen molar-refractivity contribution < 1.29 is 0 Å². The van der Waals surface area contributed by atoms with E-state index in [0.717, 1.165) is 17.5 Å². The monoisotopic (exact) mass is 288 g/mol. The number of nitrogen functional groups attached to an aromatic ring is 1. The minimum atomic E-state index is -0.488. The Morgan fingerprint density at radius 2 is 2.00 bits per heavy atom. The Labute approximate surface area is 122 Å². The van der Waals surface area contributed by atoms with Crippen molar-refractivity contribution in [2.24, 2.45) is 0 Å². The number of nitrogens with zero attached hydrogens (tertiary/aromatic N) is 1. The van der Waals surface area contributed by atoms with E-state index < -0.39 is 11.2 Å². The van der Waals surface area contributed by atoms with E-state index >= 15 is 0 Å². The Hall–Kier alpha value is -2.50. The van der Waals surface area contributed by atoms with E-state index in [4.69, 9.17) is 5.73 Å². The standard InChI is InChI=1S/C15H20N4O2/c1-3-8-19-13(16)12(14(20)18-15(19)21)17-9-11-7-5-4-6-10(11)2/h4-7,17H,3,8-9,16H2,1-2H3,(H,18,20,21). The Bertz CT molecular complexity index is 746. The van der Waals surface area contributed by atoms with Gasteiger partial charge in [0.1, 0.15) is 11.5 Å². The molecule has 0 fully saturated rings. The van der Waals surface area contributed by atoms with Gasteiger partial charge >= 0.3 is 5.69 Å².